The fourth-order valence-electron chi connectivity index (χ4n) is 3.56. The zero-order chi connectivity index (χ0) is 14.7. The van der Waals surface area contributed by atoms with Gasteiger partial charge in [-0.05, 0) is 68.8 Å². The van der Waals surface area contributed by atoms with Gasteiger partial charge in [0, 0.05) is 29.8 Å². The minimum atomic E-state index is 0.910. The van der Waals surface area contributed by atoms with E-state index in [1.54, 1.807) is 0 Å². The maximum atomic E-state index is 3.66. The van der Waals surface area contributed by atoms with Crippen LogP contribution in [0.1, 0.15) is 44.6 Å². The summed E-state index contributed by atoms with van der Waals surface area (Å²) >= 11 is 3.66. The van der Waals surface area contributed by atoms with Crippen LogP contribution in [0, 0.1) is 5.92 Å². The van der Waals surface area contributed by atoms with E-state index in [0.717, 1.165) is 12.5 Å². The van der Waals surface area contributed by atoms with E-state index in [-0.39, 0.29) is 0 Å². The summed E-state index contributed by atoms with van der Waals surface area (Å²) in [7, 11) is 0. The molecule has 3 heteroatoms. The van der Waals surface area contributed by atoms with Crippen molar-refractivity contribution < 1.29 is 0 Å². The van der Waals surface area contributed by atoms with Gasteiger partial charge in [-0.1, -0.05) is 28.9 Å². The quantitative estimate of drug-likeness (QED) is 0.781. The molecule has 21 heavy (non-hydrogen) atoms. The van der Waals surface area contributed by atoms with E-state index < -0.39 is 0 Å². The highest BCUT2D eigenvalue weighted by Gasteiger charge is 2.19. The first-order valence-corrected chi connectivity index (χ1v) is 9.27. The van der Waals surface area contributed by atoms with Crippen LogP contribution in [0.4, 0.5) is 5.69 Å². The third-order valence-corrected chi connectivity index (χ3v) is 5.51. The smallest absolute Gasteiger partial charge is 0.0423 e. The average molecular weight is 351 g/mol. The van der Waals surface area contributed by atoms with Crippen molar-refractivity contribution in [3.63, 3.8) is 0 Å². The summed E-state index contributed by atoms with van der Waals surface area (Å²) in [5.41, 5.74) is 2.97. The molecule has 3 rings (SSSR count). The van der Waals surface area contributed by atoms with Gasteiger partial charge in [0.15, 0.2) is 0 Å². The summed E-state index contributed by atoms with van der Waals surface area (Å²) in [6.07, 6.45) is 6.79. The van der Waals surface area contributed by atoms with Crippen molar-refractivity contribution in [3.05, 3.63) is 28.2 Å². The van der Waals surface area contributed by atoms with Crippen molar-refractivity contribution in [1.29, 1.82) is 0 Å². The third-order valence-electron chi connectivity index (χ3n) is 5.01. The Labute approximate surface area is 137 Å². The molecule has 0 aliphatic carbocycles. The number of halogens is 1. The molecule has 2 heterocycles. The van der Waals surface area contributed by atoms with Crippen LogP contribution in [0.3, 0.4) is 0 Å². The Bertz CT molecular complexity index is 460. The highest BCUT2D eigenvalue weighted by molar-refractivity contribution is 9.10. The van der Waals surface area contributed by atoms with Crippen LogP contribution in [-0.2, 0) is 6.54 Å². The molecule has 0 saturated carbocycles. The lowest BCUT2D eigenvalue weighted by Gasteiger charge is -2.34. The second-order valence-electron chi connectivity index (χ2n) is 6.78. The molecule has 0 aromatic heterocycles. The Morgan fingerprint density at radius 2 is 1.76 bits per heavy atom. The number of benzene rings is 1. The molecule has 0 spiro atoms. The monoisotopic (exact) mass is 350 g/mol. The zero-order valence-electron chi connectivity index (χ0n) is 13.2. The van der Waals surface area contributed by atoms with E-state index in [1.807, 2.05) is 0 Å². The Balaban J connectivity index is 1.74. The van der Waals surface area contributed by atoms with E-state index in [0.29, 0.717) is 0 Å². The van der Waals surface area contributed by atoms with Gasteiger partial charge in [-0.15, -0.1) is 0 Å². The van der Waals surface area contributed by atoms with E-state index in [1.165, 1.54) is 74.0 Å². The normalized spacial score (nSPS) is 21.7. The van der Waals surface area contributed by atoms with Gasteiger partial charge in [0.1, 0.15) is 0 Å². The highest BCUT2D eigenvalue weighted by Crippen LogP contribution is 2.29. The average Bonchev–Trinajstić information content (AvgIpc) is 2.52. The number of hydrogen-bond acceptors (Lipinski definition) is 2. The molecule has 0 radical (unpaired) electrons. The molecular formula is C18H27BrN2. The summed E-state index contributed by atoms with van der Waals surface area (Å²) in [5, 5.41) is 0. The molecule has 0 amide bonds. The first-order valence-electron chi connectivity index (χ1n) is 8.48. The molecule has 0 N–H and O–H groups in total. The SMILES string of the molecule is CC1CCN(Cc2ccc(Br)cc2N2CCCCC2)CC1. The molecule has 2 aliphatic heterocycles. The minimum absolute atomic E-state index is 0.910. The fraction of sp³-hybridized carbons (Fsp3) is 0.667. The topological polar surface area (TPSA) is 6.48 Å². The lowest BCUT2D eigenvalue weighted by atomic mass is 9.98. The number of nitrogens with zero attached hydrogens (tertiary/aromatic N) is 2. The molecule has 2 aliphatic rings. The van der Waals surface area contributed by atoms with Crippen LogP contribution in [-0.4, -0.2) is 31.1 Å². The van der Waals surface area contributed by atoms with Crippen molar-refractivity contribution in [2.24, 2.45) is 5.92 Å². The van der Waals surface area contributed by atoms with Gasteiger partial charge >= 0.3 is 0 Å². The molecule has 0 atom stereocenters. The van der Waals surface area contributed by atoms with Gasteiger partial charge in [0.25, 0.3) is 0 Å². The van der Waals surface area contributed by atoms with Crippen molar-refractivity contribution in [1.82, 2.24) is 4.90 Å². The predicted molar refractivity (Wildman–Crippen MR) is 93.9 cm³/mol. The van der Waals surface area contributed by atoms with Gasteiger partial charge in [0.05, 0.1) is 0 Å². The van der Waals surface area contributed by atoms with Gasteiger partial charge in [-0.2, -0.15) is 0 Å². The van der Waals surface area contributed by atoms with E-state index in [2.05, 4.69) is 50.9 Å². The Kier molecular flexibility index (Phi) is 5.23. The number of anilines is 1. The zero-order valence-corrected chi connectivity index (χ0v) is 14.7. The Morgan fingerprint density at radius 3 is 2.48 bits per heavy atom. The number of piperidine rings is 2. The summed E-state index contributed by atoms with van der Waals surface area (Å²) in [6.45, 7) is 8.47. The molecule has 0 unspecified atom stereocenters. The maximum absolute atomic E-state index is 3.66. The van der Waals surface area contributed by atoms with Crippen LogP contribution < -0.4 is 4.90 Å². The van der Waals surface area contributed by atoms with Crippen molar-refractivity contribution in [2.45, 2.75) is 45.6 Å². The van der Waals surface area contributed by atoms with Gasteiger partial charge in [0.2, 0.25) is 0 Å². The third kappa shape index (κ3) is 4.01. The van der Waals surface area contributed by atoms with Crippen LogP contribution in [0.2, 0.25) is 0 Å². The summed E-state index contributed by atoms with van der Waals surface area (Å²) in [5.74, 6) is 0.910. The molecule has 1 aromatic carbocycles. The van der Waals surface area contributed by atoms with Crippen molar-refractivity contribution >= 4 is 21.6 Å². The summed E-state index contributed by atoms with van der Waals surface area (Å²) in [4.78, 5) is 5.23. The van der Waals surface area contributed by atoms with E-state index >= 15 is 0 Å². The van der Waals surface area contributed by atoms with Crippen LogP contribution >= 0.6 is 15.9 Å². The van der Waals surface area contributed by atoms with Gasteiger partial charge in [-0.3, -0.25) is 4.90 Å². The summed E-state index contributed by atoms with van der Waals surface area (Å²) in [6, 6.07) is 6.86. The van der Waals surface area contributed by atoms with E-state index in [9.17, 15) is 0 Å². The molecule has 2 fully saturated rings. The molecule has 2 nitrogen and oxygen atoms in total. The maximum Gasteiger partial charge on any atom is 0.0423 e. The van der Waals surface area contributed by atoms with Crippen molar-refractivity contribution in [3.8, 4) is 0 Å². The van der Waals surface area contributed by atoms with Crippen molar-refractivity contribution in [2.75, 3.05) is 31.1 Å². The molecule has 116 valence electrons. The lowest BCUT2D eigenvalue weighted by Crippen LogP contribution is -2.34. The number of rotatable bonds is 3. The number of likely N-dealkylation sites (tertiary alicyclic amines) is 1. The predicted octanol–water partition coefficient (Wildman–Crippen LogP) is 4.67. The first-order chi connectivity index (χ1) is 10.2. The molecule has 2 saturated heterocycles. The first kappa shape index (κ1) is 15.4. The standard InChI is InChI=1S/C18H27BrN2/c1-15-7-11-20(12-8-15)14-16-5-6-17(19)13-18(16)21-9-3-2-4-10-21/h5-6,13,15H,2-4,7-12,14H2,1H3. The lowest BCUT2D eigenvalue weighted by molar-refractivity contribution is 0.185. The number of hydrogen-bond donors (Lipinski definition) is 0. The summed E-state index contributed by atoms with van der Waals surface area (Å²) < 4.78 is 1.21. The highest BCUT2D eigenvalue weighted by atomic mass is 79.9. The van der Waals surface area contributed by atoms with E-state index in [4.69, 9.17) is 0 Å². The van der Waals surface area contributed by atoms with Crippen LogP contribution in [0.5, 0.6) is 0 Å². The second-order valence-corrected chi connectivity index (χ2v) is 7.70. The molecular weight excluding hydrogens is 324 g/mol. The molecule has 1 aromatic rings. The Hall–Kier alpha value is -0.540. The van der Waals surface area contributed by atoms with Crippen LogP contribution in [0.25, 0.3) is 0 Å². The Morgan fingerprint density at radius 1 is 1.05 bits per heavy atom. The second kappa shape index (κ2) is 7.15. The molecule has 0 bridgehead atoms. The van der Waals surface area contributed by atoms with Gasteiger partial charge < -0.3 is 4.90 Å². The minimum Gasteiger partial charge on any atom is -0.371 e. The van der Waals surface area contributed by atoms with Crippen LogP contribution in [0.15, 0.2) is 22.7 Å². The fourth-order valence-corrected chi connectivity index (χ4v) is 3.91. The largest absolute Gasteiger partial charge is 0.371 e. The van der Waals surface area contributed by atoms with Gasteiger partial charge in [-0.25, -0.2) is 0 Å².